The molecule has 0 bridgehead atoms. The Kier molecular flexibility index (Phi) is 4.65. The van der Waals surface area contributed by atoms with Gasteiger partial charge >= 0.3 is 0 Å². The quantitative estimate of drug-likeness (QED) is 0.875. The molecule has 3 nitrogen and oxygen atoms in total. The highest BCUT2D eigenvalue weighted by Crippen LogP contribution is 2.21. The third-order valence-corrected chi connectivity index (χ3v) is 4.10. The van der Waals surface area contributed by atoms with Gasteiger partial charge in [0.25, 0.3) is 5.91 Å². The lowest BCUT2D eigenvalue weighted by Gasteiger charge is -2.30. The molecule has 0 aliphatic carbocycles. The predicted octanol–water partition coefficient (Wildman–Crippen LogP) is 2.83. The molecule has 1 amide bonds. The highest BCUT2D eigenvalue weighted by atomic mass is 79.9. The number of nitrogens with one attached hydrogen (secondary N) is 2. The molecule has 0 radical (unpaired) electrons. The fraction of sp³-hybridized carbons (Fsp3) is 0.462. The van der Waals surface area contributed by atoms with Crippen molar-refractivity contribution in [3.8, 4) is 0 Å². The van der Waals surface area contributed by atoms with E-state index in [1.807, 2.05) is 6.07 Å². The van der Waals surface area contributed by atoms with Crippen molar-refractivity contribution in [2.24, 2.45) is 5.92 Å². The number of carbonyl (C=O) groups is 1. The van der Waals surface area contributed by atoms with Crippen LogP contribution in [0.25, 0.3) is 0 Å². The summed E-state index contributed by atoms with van der Waals surface area (Å²) in [5, 5.41) is 6.87. The van der Waals surface area contributed by atoms with Crippen molar-refractivity contribution < 1.29 is 4.79 Å². The van der Waals surface area contributed by atoms with Gasteiger partial charge in [0, 0.05) is 10.5 Å². The van der Waals surface area contributed by atoms with Gasteiger partial charge in [-0.25, -0.2) is 0 Å². The van der Waals surface area contributed by atoms with Crippen LogP contribution in [0.1, 0.15) is 23.7 Å². The van der Waals surface area contributed by atoms with Gasteiger partial charge in [-0.15, -0.1) is 0 Å². The Hall–Kier alpha value is -0.580. The largest absolute Gasteiger partial charge is 0.349 e. The summed E-state index contributed by atoms with van der Waals surface area (Å²) < 4.78 is 0.857. The van der Waals surface area contributed by atoms with Gasteiger partial charge in [-0.1, -0.05) is 34.5 Å². The number of hydrogen-bond donors (Lipinski definition) is 2. The third-order valence-electron chi connectivity index (χ3n) is 3.27. The Bertz CT molecular complexity index is 453. The van der Waals surface area contributed by atoms with Gasteiger partial charge < -0.3 is 10.6 Å². The minimum Gasteiger partial charge on any atom is -0.349 e. The van der Waals surface area contributed by atoms with Crippen LogP contribution >= 0.6 is 27.5 Å². The van der Waals surface area contributed by atoms with Crippen molar-refractivity contribution in [3.63, 3.8) is 0 Å². The van der Waals surface area contributed by atoms with Gasteiger partial charge in [-0.2, -0.15) is 0 Å². The van der Waals surface area contributed by atoms with Gasteiger partial charge in [0.1, 0.15) is 0 Å². The van der Waals surface area contributed by atoms with Crippen molar-refractivity contribution in [2.45, 2.75) is 19.4 Å². The number of benzene rings is 1. The van der Waals surface area contributed by atoms with E-state index in [4.69, 9.17) is 11.6 Å². The second kappa shape index (κ2) is 6.04. The van der Waals surface area contributed by atoms with Crippen molar-refractivity contribution in [1.82, 2.24) is 10.6 Å². The smallest absolute Gasteiger partial charge is 0.253 e. The molecule has 1 aromatic rings. The van der Waals surface area contributed by atoms with Gasteiger partial charge in [-0.3, -0.25) is 4.79 Å². The van der Waals surface area contributed by atoms with E-state index in [0.717, 1.165) is 24.0 Å². The molecule has 1 aliphatic rings. The van der Waals surface area contributed by atoms with Crippen LogP contribution in [-0.4, -0.2) is 25.0 Å². The molecule has 1 fully saturated rings. The van der Waals surface area contributed by atoms with Crippen LogP contribution < -0.4 is 10.6 Å². The van der Waals surface area contributed by atoms with E-state index in [0.29, 0.717) is 16.5 Å². The van der Waals surface area contributed by atoms with Crippen LogP contribution in [0.2, 0.25) is 5.02 Å². The van der Waals surface area contributed by atoms with E-state index >= 15 is 0 Å². The summed E-state index contributed by atoms with van der Waals surface area (Å²) in [4.78, 5) is 12.2. The van der Waals surface area contributed by atoms with E-state index in [2.05, 4.69) is 33.5 Å². The predicted molar refractivity (Wildman–Crippen MR) is 77.1 cm³/mol. The average Bonchev–Trinajstić information content (AvgIpc) is 2.35. The SMILES string of the molecule is CC1CNCCC1NC(=O)c1cc(Br)ccc1Cl. The molecule has 1 aliphatic heterocycles. The maximum Gasteiger partial charge on any atom is 0.253 e. The Morgan fingerprint density at radius 3 is 3.06 bits per heavy atom. The summed E-state index contributed by atoms with van der Waals surface area (Å²) in [5.74, 6) is 0.341. The van der Waals surface area contributed by atoms with Crippen molar-refractivity contribution in [2.75, 3.05) is 13.1 Å². The average molecular weight is 332 g/mol. The zero-order valence-electron chi connectivity index (χ0n) is 10.2. The Morgan fingerprint density at radius 1 is 1.56 bits per heavy atom. The second-order valence-electron chi connectivity index (χ2n) is 4.67. The number of amides is 1. The molecule has 1 saturated heterocycles. The van der Waals surface area contributed by atoms with Gasteiger partial charge in [-0.05, 0) is 43.6 Å². The van der Waals surface area contributed by atoms with Gasteiger partial charge in [0.05, 0.1) is 10.6 Å². The molecule has 0 aromatic heterocycles. The van der Waals surface area contributed by atoms with Crippen molar-refractivity contribution in [1.29, 1.82) is 0 Å². The van der Waals surface area contributed by atoms with Gasteiger partial charge in [0.15, 0.2) is 0 Å². The molecule has 0 spiro atoms. The maximum absolute atomic E-state index is 12.2. The van der Waals surface area contributed by atoms with Crippen LogP contribution in [0.5, 0.6) is 0 Å². The number of carbonyl (C=O) groups excluding carboxylic acids is 1. The van der Waals surface area contributed by atoms with Crippen LogP contribution in [0, 0.1) is 5.92 Å². The normalized spacial score (nSPS) is 23.7. The molecule has 18 heavy (non-hydrogen) atoms. The molecule has 98 valence electrons. The lowest BCUT2D eigenvalue weighted by molar-refractivity contribution is 0.0914. The van der Waals surface area contributed by atoms with E-state index in [1.165, 1.54) is 0 Å². The van der Waals surface area contributed by atoms with Gasteiger partial charge in [0.2, 0.25) is 0 Å². The molecule has 0 saturated carbocycles. The zero-order valence-corrected chi connectivity index (χ0v) is 12.5. The molecule has 1 aromatic carbocycles. The molecular weight excluding hydrogens is 316 g/mol. The topological polar surface area (TPSA) is 41.1 Å². The highest BCUT2D eigenvalue weighted by molar-refractivity contribution is 9.10. The monoisotopic (exact) mass is 330 g/mol. The Balaban J connectivity index is 2.09. The number of hydrogen-bond acceptors (Lipinski definition) is 2. The lowest BCUT2D eigenvalue weighted by atomic mass is 9.95. The summed E-state index contributed by atoms with van der Waals surface area (Å²) in [7, 11) is 0. The fourth-order valence-electron chi connectivity index (χ4n) is 2.15. The number of piperidine rings is 1. The highest BCUT2D eigenvalue weighted by Gasteiger charge is 2.23. The van der Waals surface area contributed by atoms with Crippen LogP contribution in [0.15, 0.2) is 22.7 Å². The summed E-state index contributed by atoms with van der Waals surface area (Å²) >= 11 is 9.40. The second-order valence-corrected chi connectivity index (χ2v) is 6.00. The molecule has 2 rings (SSSR count). The lowest BCUT2D eigenvalue weighted by Crippen LogP contribution is -2.48. The first-order chi connectivity index (χ1) is 8.58. The number of halogens is 2. The van der Waals surface area contributed by atoms with E-state index in [-0.39, 0.29) is 11.9 Å². The third kappa shape index (κ3) is 3.25. The first-order valence-electron chi connectivity index (χ1n) is 6.04. The minimum absolute atomic E-state index is 0.0972. The van der Waals surface area contributed by atoms with E-state index in [1.54, 1.807) is 12.1 Å². The summed E-state index contributed by atoms with van der Waals surface area (Å²) in [6.07, 6.45) is 0.957. The first-order valence-corrected chi connectivity index (χ1v) is 7.21. The molecule has 2 N–H and O–H groups in total. The van der Waals surface area contributed by atoms with E-state index in [9.17, 15) is 4.79 Å². The minimum atomic E-state index is -0.0972. The molecular formula is C13H16BrClN2O. The Morgan fingerprint density at radius 2 is 2.33 bits per heavy atom. The summed E-state index contributed by atoms with van der Waals surface area (Å²) in [5.41, 5.74) is 0.525. The fourth-order valence-corrected chi connectivity index (χ4v) is 2.71. The zero-order chi connectivity index (χ0) is 13.1. The summed E-state index contributed by atoms with van der Waals surface area (Å²) in [6.45, 7) is 4.03. The molecule has 2 unspecified atom stereocenters. The van der Waals surface area contributed by atoms with E-state index < -0.39 is 0 Å². The van der Waals surface area contributed by atoms with Crippen molar-refractivity contribution in [3.05, 3.63) is 33.3 Å². The molecule has 2 atom stereocenters. The molecule has 5 heteroatoms. The van der Waals surface area contributed by atoms with Crippen molar-refractivity contribution >= 4 is 33.4 Å². The molecule has 1 heterocycles. The maximum atomic E-state index is 12.2. The Labute approximate surface area is 120 Å². The number of rotatable bonds is 2. The van der Waals surface area contributed by atoms with Crippen LogP contribution in [0.3, 0.4) is 0 Å². The van der Waals surface area contributed by atoms with Crippen LogP contribution in [-0.2, 0) is 0 Å². The standard InChI is InChI=1S/C13H16BrClN2O/c1-8-7-16-5-4-12(8)17-13(18)10-6-9(14)2-3-11(10)15/h2-3,6,8,12,16H,4-5,7H2,1H3,(H,17,18). The first kappa shape index (κ1) is 13.8. The summed E-state index contributed by atoms with van der Waals surface area (Å²) in [6, 6.07) is 5.52. The van der Waals surface area contributed by atoms with Crippen LogP contribution in [0.4, 0.5) is 0 Å².